The molecule has 0 radical (unpaired) electrons. The van der Waals surface area contributed by atoms with Crippen LogP contribution < -0.4 is 5.32 Å². The maximum atomic E-state index is 5.41. The second-order valence-corrected chi connectivity index (χ2v) is 2.25. The van der Waals surface area contributed by atoms with Crippen LogP contribution in [0.2, 0.25) is 0 Å². The van der Waals surface area contributed by atoms with E-state index in [4.69, 9.17) is 4.42 Å². The molecule has 0 amide bonds. The molecule has 0 fully saturated rings. The summed E-state index contributed by atoms with van der Waals surface area (Å²) < 4.78 is 5.41. The smallest absolute Gasteiger partial charge is 0.117 e. The van der Waals surface area contributed by atoms with E-state index in [0.29, 0.717) is 0 Å². The monoisotopic (exact) mass is 175 g/mol. The van der Waals surface area contributed by atoms with Crippen molar-refractivity contribution in [2.45, 2.75) is 19.9 Å². The van der Waals surface area contributed by atoms with Gasteiger partial charge in [-0.05, 0) is 19.2 Å². The molecule has 1 aromatic heterocycles. The van der Waals surface area contributed by atoms with Crippen LogP contribution in [0.5, 0.6) is 0 Å². The molecule has 0 spiro atoms. The fourth-order valence-electron chi connectivity index (χ4n) is 0.882. The van der Waals surface area contributed by atoms with Crippen molar-refractivity contribution in [3.05, 3.63) is 23.7 Å². The minimum atomic E-state index is 0. The molecule has 0 unspecified atom stereocenters. The topological polar surface area (TPSA) is 25.2 Å². The highest BCUT2D eigenvalue weighted by Crippen LogP contribution is 2.07. The quantitative estimate of drug-likeness (QED) is 0.760. The molecule has 1 rings (SSSR count). The minimum absolute atomic E-state index is 0. The van der Waals surface area contributed by atoms with Crippen LogP contribution in [-0.2, 0) is 13.0 Å². The SMILES string of the molecule is CCc1ccc(CNC)o1.Cl. The Morgan fingerprint density at radius 3 is 2.45 bits per heavy atom. The molecule has 0 saturated heterocycles. The second-order valence-electron chi connectivity index (χ2n) is 2.25. The lowest BCUT2D eigenvalue weighted by Gasteiger charge is -1.92. The summed E-state index contributed by atoms with van der Waals surface area (Å²) in [5.41, 5.74) is 0. The lowest BCUT2D eigenvalue weighted by molar-refractivity contribution is 0.459. The lowest BCUT2D eigenvalue weighted by Crippen LogP contribution is -2.03. The minimum Gasteiger partial charge on any atom is -0.465 e. The van der Waals surface area contributed by atoms with Crippen LogP contribution in [0, 0.1) is 0 Å². The molecule has 0 aliphatic heterocycles. The number of rotatable bonds is 3. The first kappa shape index (κ1) is 10.5. The average molecular weight is 176 g/mol. The van der Waals surface area contributed by atoms with E-state index in [-0.39, 0.29) is 12.4 Å². The molecule has 0 aromatic carbocycles. The van der Waals surface area contributed by atoms with Gasteiger partial charge in [-0.3, -0.25) is 0 Å². The van der Waals surface area contributed by atoms with Crippen molar-refractivity contribution in [3.63, 3.8) is 0 Å². The summed E-state index contributed by atoms with van der Waals surface area (Å²) in [6.07, 6.45) is 0.976. The van der Waals surface area contributed by atoms with Crippen molar-refractivity contribution >= 4 is 12.4 Å². The molecule has 0 saturated carbocycles. The normalized spacial score (nSPS) is 9.27. The van der Waals surface area contributed by atoms with E-state index < -0.39 is 0 Å². The van der Waals surface area contributed by atoms with Crippen LogP contribution in [0.25, 0.3) is 0 Å². The number of halogens is 1. The van der Waals surface area contributed by atoms with Crippen LogP contribution in [0.3, 0.4) is 0 Å². The zero-order valence-electron chi connectivity index (χ0n) is 6.89. The molecule has 3 heteroatoms. The Balaban J connectivity index is 0.000001000. The summed E-state index contributed by atoms with van der Waals surface area (Å²) in [6, 6.07) is 4.03. The van der Waals surface area contributed by atoms with Gasteiger partial charge in [-0.15, -0.1) is 12.4 Å². The van der Waals surface area contributed by atoms with E-state index in [1.165, 1.54) is 0 Å². The molecular formula is C8H14ClNO. The van der Waals surface area contributed by atoms with Gasteiger partial charge in [0.05, 0.1) is 6.54 Å². The summed E-state index contributed by atoms with van der Waals surface area (Å²) in [6.45, 7) is 2.90. The Bertz CT molecular complexity index is 198. The number of aryl methyl sites for hydroxylation is 1. The summed E-state index contributed by atoms with van der Waals surface area (Å²) in [5.74, 6) is 2.07. The molecule has 0 aliphatic rings. The highest BCUT2D eigenvalue weighted by atomic mass is 35.5. The van der Waals surface area contributed by atoms with Gasteiger partial charge in [-0.2, -0.15) is 0 Å². The van der Waals surface area contributed by atoms with Gasteiger partial charge >= 0.3 is 0 Å². The first-order valence-corrected chi connectivity index (χ1v) is 3.59. The van der Waals surface area contributed by atoms with E-state index in [1.807, 2.05) is 19.2 Å². The standard InChI is InChI=1S/C8H13NO.ClH/c1-3-7-4-5-8(10-7)6-9-2;/h4-5,9H,3,6H2,1-2H3;1H. The van der Waals surface area contributed by atoms with Crippen molar-refractivity contribution in [1.29, 1.82) is 0 Å². The van der Waals surface area contributed by atoms with Gasteiger partial charge in [-0.1, -0.05) is 6.92 Å². The first-order chi connectivity index (χ1) is 4.86. The third-order valence-corrected chi connectivity index (χ3v) is 1.42. The second kappa shape index (κ2) is 5.22. The zero-order valence-corrected chi connectivity index (χ0v) is 7.70. The molecule has 11 heavy (non-hydrogen) atoms. The van der Waals surface area contributed by atoms with Crippen molar-refractivity contribution < 1.29 is 4.42 Å². The molecule has 64 valence electrons. The van der Waals surface area contributed by atoms with Gasteiger partial charge in [0.1, 0.15) is 11.5 Å². The first-order valence-electron chi connectivity index (χ1n) is 3.59. The van der Waals surface area contributed by atoms with Crippen LogP contribution >= 0.6 is 12.4 Å². The van der Waals surface area contributed by atoms with Gasteiger partial charge in [0.25, 0.3) is 0 Å². The fraction of sp³-hybridized carbons (Fsp3) is 0.500. The molecule has 0 aliphatic carbocycles. The third-order valence-electron chi connectivity index (χ3n) is 1.42. The summed E-state index contributed by atoms with van der Waals surface area (Å²) >= 11 is 0. The van der Waals surface area contributed by atoms with Gasteiger partial charge < -0.3 is 9.73 Å². The van der Waals surface area contributed by atoms with E-state index in [1.54, 1.807) is 0 Å². The molecule has 1 aromatic rings. The molecular weight excluding hydrogens is 162 g/mol. The Hall–Kier alpha value is -0.470. The maximum absolute atomic E-state index is 5.41. The van der Waals surface area contributed by atoms with Crippen LogP contribution in [0.1, 0.15) is 18.4 Å². The summed E-state index contributed by atoms with van der Waals surface area (Å²) in [5, 5.41) is 3.03. The van der Waals surface area contributed by atoms with Crippen molar-refractivity contribution in [1.82, 2.24) is 5.32 Å². The number of hydrogen-bond donors (Lipinski definition) is 1. The molecule has 1 heterocycles. The average Bonchev–Trinajstić information content (AvgIpc) is 2.37. The molecule has 1 N–H and O–H groups in total. The third kappa shape index (κ3) is 2.95. The predicted molar refractivity (Wildman–Crippen MR) is 48.1 cm³/mol. The number of furan rings is 1. The molecule has 2 nitrogen and oxygen atoms in total. The zero-order chi connectivity index (χ0) is 7.40. The Labute approximate surface area is 73.4 Å². The lowest BCUT2D eigenvalue weighted by atomic mass is 10.3. The van der Waals surface area contributed by atoms with Crippen LogP contribution in [-0.4, -0.2) is 7.05 Å². The van der Waals surface area contributed by atoms with E-state index >= 15 is 0 Å². The van der Waals surface area contributed by atoms with Crippen molar-refractivity contribution in [2.75, 3.05) is 7.05 Å². The van der Waals surface area contributed by atoms with Gasteiger partial charge in [0.15, 0.2) is 0 Å². The van der Waals surface area contributed by atoms with Crippen molar-refractivity contribution in [3.8, 4) is 0 Å². The van der Waals surface area contributed by atoms with Gasteiger partial charge in [0.2, 0.25) is 0 Å². The van der Waals surface area contributed by atoms with Crippen molar-refractivity contribution in [2.24, 2.45) is 0 Å². The summed E-state index contributed by atoms with van der Waals surface area (Å²) in [7, 11) is 1.91. The van der Waals surface area contributed by atoms with Gasteiger partial charge in [-0.25, -0.2) is 0 Å². The summed E-state index contributed by atoms with van der Waals surface area (Å²) in [4.78, 5) is 0. The van der Waals surface area contributed by atoms with Gasteiger partial charge in [0, 0.05) is 6.42 Å². The highest BCUT2D eigenvalue weighted by Gasteiger charge is 1.96. The van der Waals surface area contributed by atoms with E-state index in [0.717, 1.165) is 24.5 Å². The Morgan fingerprint density at radius 1 is 1.36 bits per heavy atom. The molecule has 0 bridgehead atoms. The highest BCUT2D eigenvalue weighted by molar-refractivity contribution is 5.85. The maximum Gasteiger partial charge on any atom is 0.117 e. The van der Waals surface area contributed by atoms with E-state index in [9.17, 15) is 0 Å². The fourth-order valence-corrected chi connectivity index (χ4v) is 0.882. The van der Waals surface area contributed by atoms with Crippen LogP contribution in [0.4, 0.5) is 0 Å². The Morgan fingerprint density at radius 2 is 2.00 bits per heavy atom. The number of hydrogen-bond acceptors (Lipinski definition) is 2. The largest absolute Gasteiger partial charge is 0.465 e. The molecule has 0 atom stereocenters. The Kier molecular flexibility index (Phi) is 4.99. The predicted octanol–water partition coefficient (Wildman–Crippen LogP) is 1.98. The van der Waals surface area contributed by atoms with E-state index in [2.05, 4.69) is 12.2 Å². The number of nitrogens with one attached hydrogen (secondary N) is 1. The van der Waals surface area contributed by atoms with Crippen LogP contribution in [0.15, 0.2) is 16.5 Å².